The summed E-state index contributed by atoms with van der Waals surface area (Å²) in [6.07, 6.45) is -4.82. The summed E-state index contributed by atoms with van der Waals surface area (Å²) in [4.78, 5) is 8.36. The van der Waals surface area contributed by atoms with Crippen LogP contribution in [0.1, 0.15) is 5.56 Å². The minimum absolute atomic E-state index is 0.00883. The first-order valence-electron chi connectivity index (χ1n) is 33.1. The van der Waals surface area contributed by atoms with E-state index in [1.807, 2.05) is 138 Å². The smallest absolute Gasteiger partial charge is 0.310 e. The van der Waals surface area contributed by atoms with Gasteiger partial charge in [0.05, 0.1) is 16.9 Å². The lowest BCUT2D eigenvalue weighted by Gasteiger charge is -2.46. The predicted molar refractivity (Wildman–Crippen MR) is 395 cm³/mol. The van der Waals surface area contributed by atoms with Crippen molar-refractivity contribution in [2.24, 2.45) is 0 Å². The summed E-state index contributed by atoms with van der Waals surface area (Å²) in [6, 6.07) is 81.6. The van der Waals surface area contributed by atoms with E-state index in [0.717, 1.165) is 70.4 Å². The summed E-state index contributed by atoms with van der Waals surface area (Å²) in [5.74, 6) is -6.47. The Morgan fingerprint density at radius 2 is 0.709 bits per heavy atom. The standard InChI is InChI=1S/C85H49B2F10N5S/c88-65-25-14-26-66(89)81(65)99(55-21-8-3-9-22-55)59-45-73-77-74(46-59)101(82-67(90)27-15-28-68(82)91)71-31-12-10-23-61(71)86(77)63-49-64-84(79(94)80(63)100(73)58-43-37-54(38-44-58)85(95,96)97)103-76-48-60(47-75-78(76)87(64)62-24-11-13-32-72(62)102(75)83-69(92)29-16-30-70(83)93)98(56-39-33-52(34-40-56)50-17-4-1-5-18-50)57-41-35-53(36-42-57)51-19-6-2-7-20-51/h1-49H. The van der Waals surface area contributed by atoms with Crippen LogP contribution in [0.25, 0.3) is 22.3 Å². The molecule has 103 heavy (non-hydrogen) atoms. The zero-order valence-corrected chi connectivity index (χ0v) is 54.7. The summed E-state index contributed by atoms with van der Waals surface area (Å²) < 4.78 is 167. The maximum Gasteiger partial charge on any atom is 0.416 e. The second kappa shape index (κ2) is 24.6. The summed E-state index contributed by atoms with van der Waals surface area (Å²) in [5, 5.41) is 0. The van der Waals surface area contributed by atoms with Gasteiger partial charge in [0, 0.05) is 66.7 Å². The largest absolute Gasteiger partial charge is 0.416 e. The van der Waals surface area contributed by atoms with Crippen LogP contribution in [0.5, 0.6) is 0 Å². The lowest BCUT2D eigenvalue weighted by atomic mass is 9.31. The van der Waals surface area contributed by atoms with Crippen molar-refractivity contribution in [3.8, 4) is 22.3 Å². The van der Waals surface area contributed by atoms with E-state index in [0.29, 0.717) is 60.6 Å². The number of hydrogen-bond donors (Lipinski definition) is 0. The maximum absolute atomic E-state index is 20.4. The molecule has 18 heteroatoms. The van der Waals surface area contributed by atoms with Crippen molar-refractivity contribution in [3.63, 3.8) is 0 Å². The van der Waals surface area contributed by atoms with Crippen molar-refractivity contribution in [2.45, 2.75) is 16.0 Å². The normalized spacial score (nSPS) is 13.0. The fraction of sp³-hybridized carbons (Fsp3) is 0.0118. The molecule has 0 unspecified atom stereocenters. The summed E-state index contributed by atoms with van der Waals surface area (Å²) in [6.45, 7) is -1.97. The molecule has 0 saturated heterocycles. The first kappa shape index (κ1) is 63.1. The third-order valence-corrected chi connectivity index (χ3v) is 20.9. The Morgan fingerprint density at radius 1 is 0.301 bits per heavy atom. The highest BCUT2D eigenvalue weighted by Crippen LogP contribution is 2.54. The van der Waals surface area contributed by atoms with Crippen LogP contribution in [-0.4, -0.2) is 13.4 Å². The Balaban J connectivity index is 0.928. The third-order valence-electron chi connectivity index (χ3n) is 19.7. The van der Waals surface area contributed by atoms with Crippen molar-refractivity contribution < 1.29 is 43.9 Å². The van der Waals surface area contributed by atoms with E-state index >= 15 is 30.7 Å². The Bertz CT molecular complexity index is 5600. The second-order valence-electron chi connectivity index (χ2n) is 25.5. The second-order valence-corrected chi connectivity index (χ2v) is 26.6. The highest BCUT2D eigenvalue weighted by atomic mass is 32.2. The van der Waals surface area contributed by atoms with Crippen LogP contribution in [0, 0.1) is 40.7 Å². The van der Waals surface area contributed by atoms with Gasteiger partial charge in [-0.3, -0.25) is 0 Å². The van der Waals surface area contributed by atoms with E-state index in [1.54, 1.807) is 89.8 Å². The van der Waals surface area contributed by atoms with Gasteiger partial charge in [-0.15, -0.1) is 0 Å². The number of benzene rings is 14. The van der Waals surface area contributed by atoms with Crippen LogP contribution in [0.3, 0.4) is 0 Å². The van der Waals surface area contributed by atoms with E-state index in [9.17, 15) is 13.2 Å². The molecular weight excluding hydrogens is 1330 g/mol. The number of hydrogen-bond acceptors (Lipinski definition) is 6. The molecule has 18 rings (SSSR count). The molecule has 496 valence electrons. The maximum atomic E-state index is 20.4. The number of anilines is 15. The molecule has 0 bridgehead atoms. The van der Waals surface area contributed by atoms with E-state index < -0.39 is 77.3 Å². The summed E-state index contributed by atoms with van der Waals surface area (Å²) in [5.41, 5.74) is 7.19. The molecular formula is C85H49B2F10N5S. The van der Waals surface area contributed by atoms with E-state index in [4.69, 9.17) is 0 Å². The molecule has 0 spiro atoms. The summed E-state index contributed by atoms with van der Waals surface area (Å²) >= 11 is 1.08. The zero-order chi connectivity index (χ0) is 70.1. The molecule has 0 radical (unpaired) electrons. The van der Waals surface area contributed by atoms with Crippen molar-refractivity contribution in [1.82, 2.24) is 0 Å². The Hall–Kier alpha value is -12.1. The SMILES string of the molecule is Fc1cccc(F)c1N(c1ccccc1)c1cc2c3c(c1)N(c1c(F)cccc1F)c1ccccc1B3c1cc3c(c(F)c1N2c1ccc(C(F)(F)F)cc1)Sc1cc(N(c2ccc(-c4ccccc4)cc2)c2ccc(-c4ccccc4)cc2)cc2c1B3c1ccccc1N2c1c(F)cccc1F. The first-order valence-corrected chi connectivity index (χ1v) is 33.9. The fourth-order valence-electron chi connectivity index (χ4n) is 15.4. The van der Waals surface area contributed by atoms with Crippen LogP contribution < -0.4 is 57.3 Å². The molecule has 14 aromatic rings. The molecule has 14 aromatic carbocycles. The van der Waals surface area contributed by atoms with E-state index in [-0.39, 0.29) is 55.9 Å². The van der Waals surface area contributed by atoms with Gasteiger partial charge in [0.15, 0.2) is 5.82 Å². The average Bonchev–Trinajstić information content (AvgIpc) is 0.683. The topological polar surface area (TPSA) is 16.2 Å². The quantitative estimate of drug-likeness (QED) is 0.0941. The zero-order valence-electron chi connectivity index (χ0n) is 53.9. The molecule has 0 aliphatic carbocycles. The van der Waals surface area contributed by atoms with Gasteiger partial charge in [0.2, 0.25) is 6.71 Å². The highest BCUT2D eigenvalue weighted by molar-refractivity contribution is 8.00. The first-order chi connectivity index (χ1) is 50.2. The van der Waals surface area contributed by atoms with Gasteiger partial charge in [-0.25, -0.2) is 30.7 Å². The number of para-hydroxylation sites is 6. The highest BCUT2D eigenvalue weighted by Gasteiger charge is 2.50. The van der Waals surface area contributed by atoms with Crippen LogP contribution in [0.2, 0.25) is 0 Å². The van der Waals surface area contributed by atoms with Gasteiger partial charge in [0.1, 0.15) is 52.0 Å². The van der Waals surface area contributed by atoms with Crippen LogP contribution in [-0.2, 0) is 6.18 Å². The van der Waals surface area contributed by atoms with Gasteiger partial charge in [-0.2, -0.15) is 13.2 Å². The van der Waals surface area contributed by atoms with Gasteiger partial charge in [0.25, 0.3) is 6.71 Å². The molecule has 0 saturated carbocycles. The molecule has 0 amide bonds. The lowest BCUT2D eigenvalue weighted by Crippen LogP contribution is -2.65. The average molecular weight is 1380 g/mol. The minimum Gasteiger partial charge on any atom is -0.310 e. The van der Waals surface area contributed by atoms with Gasteiger partial charge in [-0.05, 0) is 183 Å². The number of alkyl halides is 3. The minimum atomic E-state index is -4.82. The molecule has 0 fully saturated rings. The number of rotatable bonds is 11. The van der Waals surface area contributed by atoms with E-state index in [2.05, 4.69) is 0 Å². The molecule has 0 atom stereocenters. The summed E-state index contributed by atoms with van der Waals surface area (Å²) in [7, 11) is 0. The van der Waals surface area contributed by atoms with Crippen LogP contribution in [0.15, 0.2) is 307 Å². The number of fused-ring (bicyclic) bond motifs is 8. The molecule has 0 aromatic heterocycles. The van der Waals surface area contributed by atoms with Gasteiger partial charge < -0.3 is 24.5 Å². The van der Waals surface area contributed by atoms with E-state index in [1.165, 1.54) is 57.2 Å². The van der Waals surface area contributed by atoms with Crippen molar-refractivity contribution in [2.75, 3.05) is 24.5 Å². The fourth-order valence-corrected chi connectivity index (χ4v) is 16.6. The number of nitrogens with zero attached hydrogens (tertiary/aromatic N) is 5. The lowest BCUT2D eigenvalue weighted by molar-refractivity contribution is -0.137. The van der Waals surface area contributed by atoms with Gasteiger partial charge in [-0.1, -0.05) is 181 Å². The Morgan fingerprint density at radius 3 is 1.20 bits per heavy atom. The molecule has 5 nitrogen and oxygen atoms in total. The monoisotopic (exact) mass is 1380 g/mol. The van der Waals surface area contributed by atoms with Crippen molar-refractivity contribution in [1.29, 1.82) is 0 Å². The van der Waals surface area contributed by atoms with Crippen LogP contribution in [0.4, 0.5) is 129 Å². The van der Waals surface area contributed by atoms with Crippen molar-refractivity contribution >= 4 is 143 Å². The predicted octanol–water partition coefficient (Wildman–Crippen LogP) is 20.8. The third kappa shape index (κ3) is 10.3. The Kier molecular flexibility index (Phi) is 15.1. The Labute approximate surface area is 590 Å². The molecule has 4 aliphatic rings. The number of halogens is 10. The molecule has 0 N–H and O–H groups in total. The van der Waals surface area contributed by atoms with Crippen LogP contribution >= 0.6 is 11.8 Å². The van der Waals surface area contributed by atoms with Crippen molar-refractivity contribution in [3.05, 3.63) is 344 Å². The molecule has 4 aliphatic heterocycles. The molecule has 4 heterocycles. The van der Waals surface area contributed by atoms with Gasteiger partial charge >= 0.3 is 6.18 Å².